The van der Waals surface area contributed by atoms with E-state index in [1.807, 2.05) is 24.5 Å². The number of benzene rings is 2. The van der Waals surface area contributed by atoms with E-state index in [1.165, 1.54) is 26.0 Å². The number of para-hydroxylation sites is 1. The summed E-state index contributed by atoms with van der Waals surface area (Å²) in [5.41, 5.74) is 1.79. The van der Waals surface area contributed by atoms with E-state index in [-0.39, 0.29) is 17.9 Å². The van der Waals surface area contributed by atoms with Crippen LogP contribution in [0.15, 0.2) is 46.3 Å². The number of carbonyl (C=O) groups is 1. The number of amides is 1. The third-order valence-electron chi connectivity index (χ3n) is 5.27. The molecule has 0 saturated heterocycles. The number of anilines is 1. The van der Waals surface area contributed by atoms with Crippen LogP contribution in [0.4, 0.5) is 5.69 Å². The van der Waals surface area contributed by atoms with Crippen molar-refractivity contribution < 1.29 is 19.0 Å². The van der Waals surface area contributed by atoms with Gasteiger partial charge >= 0.3 is 11.3 Å². The van der Waals surface area contributed by atoms with Gasteiger partial charge in [-0.25, -0.2) is 4.90 Å². The van der Waals surface area contributed by atoms with Crippen molar-refractivity contribution in [2.24, 2.45) is 0 Å². The van der Waals surface area contributed by atoms with Gasteiger partial charge in [-0.2, -0.15) is 0 Å². The Morgan fingerprint density at radius 3 is 2.69 bits per heavy atom. The highest BCUT2D eigenvalue weighted by Gasteiger charge is 2.47. The van der Waals surface area contributed by atoms with E-state index in [9.17, 15) is 9.59 Å². The molecule has 1 aliphatic heterocycles. The highest BCUT2D eigenvalue weighted by molar-refractivity contribution is 7.98. The van der Waals surface area contributed by atoms with Crippen LogP contribution in [0, 0.1) is 0 Å². The number of fused-ring (bicyclic) bond motifs is 3. The van der Waals surface area contributed by atoms with Gasteiger partial charge in [0.1, 0.15) is 0 Å². The first-order valence-electron chi connectivity index (χ1n) is 9.88. The third kappa shape index (κ3) is 3.51. The number of thioether (sulfide) groups is 1. The van der Waals surface area contributed by atoms with Gasteiger partial charge < -0.3 is 9.47 Å². The maximum Gasteiger partial charge on any atom is 0.325 e. The highest BCUT2D eigenvalue weighted by Crippen LogP contribution is 2.43. The van der Waals surface area contributed by atoms with Crippen LogP contribution in [0.25, 0.3) is 11.3 Å². The van der Waals surface area contributed by atoms with Gasteiger partial charge in [0, 0.05) is 22.6 Å². The largest absolute Gasteiger partial charge is 0.493 e. The van der Waals surface area contributed by atoms with E-state index in [1.54, 1.807) is 34.7 Å². The fourth-order valence-electron chi connectivity index (χ4n) is 3.94. The molecule has 0 fully saturated rings. The second kappa shape index (κ2) is 8.84. The van der Waals surface area contributed by atoms with Crippen LogP contribution in [-0.4, -0.2) is 36.5 Å². The lowest BCUT2D eigenvalue weighted by Gasteiger charge is -2.32. The predicted molar refractivity (Wildman–Crippen MR) is 123 cm³/mol. The zero-order valence-corrected chi connectivity index (χ0v) is 19.6. The van der Waals surface area contributed by atoms with Gasteiger partial charge in [-0.1, -0.05) is 42.4 Å². The van der Waals surface area contributed by atoms with Crippen molar-refractivity contribution in [3.8, 4) is 22.8 Å². The summed E-state index contributed by atoms with van der Waals surface area (Å²) in [5, 5.41) is 5.48. The smallest absolute Gasteiger partial charge is 0.325 e. The van der Waals surface area contributed by atoms with Crippen LogP contribution < -0.4 is 24.6 Å². The fraction of sp³-hybridized carbons (Fsp3) is 0.273. The zero-order chi connectivity index (χ0) is 23.0. The van der Waals surface area contributed by atoms with E-state index < -0.39 is 6.17 Å². The van der Waals surface area contributed by atoms with Crippen LogP contribution in [-0.2, 0) is 4.79 Å². The van der Waals surface area contributed by atoms with Crippen molar-refractivity contribution in [1.29, 1.82) is 0 Å². The molecule has 8 nitrogen and oxygen atoms in total. The summed E-state index contributed by atoms with van der Waals surface area (Å²) in [7, 11) is 3.03. The third-order valence-corrected chi connectivity index (χ3v) is 6.06. The first-order valence-corrected chi connectivity index (χ1v) is 11.5. The molecular formula is C22H22ClN4O4S+. The van der Waals surface area contributed by atoms with E-state index in [4.69, 9.17) is 21.1 Å². The summed E-state index contributed by atoms with van der Waals surface area (Å²) >= 11 is 7.71. The zero-order valence-electron chi connectivity index (χ0n) is 18.0. The molecule has 0 radical (unpaired) electrons. The molecule has 0 bridgehead atoms. The number of rotatable bonds is 5. The molecule has 1 aromatic heterocycles. The topological polar surface area (TPSA) is 88.4 Å². The number of hydrogen-bond acceptors (Lipinski definition) is 6. The second-order valence-corrected chi connectivity index (χ2v) is 8.23. The average molecular weight is 474 g/mol. The Morgan fingerprint density at radius 2 is 2.03 bits per heavy atom. The van der Waals surface area contributed by atoms with E-state index in [0.717, 1.165) is 0 Å². The van der Waals surface area contributed by atoms with Crippen LogP contribution in [0.1, 0.15) is 25.1 Å². The Bertz CT molecular complexity index is 1260. The molecule has 2 aromatic carbocycles. The lowest BCUT2D eigenvalue weighted by Crippen LogP contribution is -2.61. The van der Waals surface area contributed by atoms with Crippen LogP contribution >= 0.6 is 23.4 Å². The Labute approximate surface area is 194 Å². The molecule has 0 aliphatic carbocycles. The van der Waals surface area contributed by atoms with E-state index >= 15 is 0 Å². The lowest BCUT2D eigenvalue weighted by molar-refractivity contribution is -0.763. The van der Waals surface area contributed by atoms with Crippen molar-refractivity contribution in [3.63, 3.8) is 0 Å². The summed E-state index contributed by atoms with van der Waals surface area (Å²) in [6.45, 7) is 1.79. The Hall–Kier alpha value is -3.04. The van der Waals surface area contributed by atoms with Crippen molar-refractivity contribution >= 4 is 35.0 Å². The first kappa shape index (κ1) is 22.2. The predicted octanol–water partition coefficient (Wildman–Crippen LogP) is 3.42. The molecule has 1 aliphatic rings. The first-order chi connectivity index (χ1) is 15.4. The number of aromatic amines is 1. The summed E-state index contributed by atoms with van der Waals surface area (Å²) in [6.07, 6.45) is 1.25. The molecule has 0 unspecified atom stereocenters. The molecule has 2 heterocycles. The minimum absolute atomic E-state index is 0.144. The monoisotopic (exact) mass is 473 g/mol. The Kier molecular flexibility index (Phi) is 6.12. The molecule has 166 valence electrons. The number of methoxy groups -OCH3 is 2. The summed E-state index contributed by atoms with van der Waals surface area (Å²) < 4.78 is 12.7. The molecule has 3 aromatic rings. The molecule has 1 N–H and O–H groups in total. The maximum absolute atomic E-state index is 13.3. The van der Waals surface area contributed by atoms with Crippen molar-refractivity contribution in [1.82, 2.24) is 10.1 Å². The molecule has 4 rings (SSSR count). The van der Waals surface area contributed by atoms with Gasteiger partial charge in [-0.15, -0.1) is 0 Å². The van der Waals surface area contributed by atoms with E-state index in [2.05, 4.69) is 10.1 Å². The van der Waals surface area contributed by atoms with Gasteiger partial charge in [-0.3, -0.25) is 14.6 Å². The number of halogens is 1. The number of nitrogens with zero attached hydrogens (tertiary/aromatic N) is 3. The minimum Gasteiger partial charge on any atom is -0.493 e. The number of nitrogens with one attached hydrogen (secondary N) is 1. The molecule has 1 atom stereocenters. The number of H-pyrrole nitrogens is 1. The van der Waals surface area contributed by atoms with Gasteiger partial charge in [0.25, 0.3) is 6.17 Å². The fourth-order valence-corrected chi connectivity index (χ4v) is 4.52. The number of aromatic nitrogens is 3. The SMILES string of the molecule is CCC(=O)N1c2ccccc2-c2c(=O)[nH]c(SC)n[n+]2[C@@H]1c1cc(Cl)cc(OC)c1OC. The highest BCUT2D eigenvalue weighted by atomic mass is 35.5. The van der Waals surface area contributed by atoms with Crippen LogP contribution in [0.5, 0.6) is 11.5 Å². The normalized spacial score (nSPS) is 14.5. The Balaban J connectivity index is 2.15. The minimum atomic E-state index is -0.817. The van der Waals surface area contributed by atoms with Crippen molar-refractivity contribution in [2.45, 2.75) is 24.7 Å². The molecule has 10 heteroatoms. The number of carbonyl (C=O) groups excluding carboxylic acids is 1. The van der Waals surface area contributed by atoms with Gasteiger partial charge in [0.15, 0.2) is 11.5 Å². The molecule has 0 spiro atoms. The summed E-state index contributed by atoms with van der Waals surface area (Å²) in [5.74, 6) is 0.672. The molecule has 0 saturated carbocycles. The second-order valence-electron chi connectivity index (χ2n) is 7.00. The Morgan fingerprint density at radius 1 is 1.28 bits per heavy atom. The number of hydrogen-bond donors (Lipinski definition) is 1. The summed E-state index contributed by atoms with van der Waals surface area (Å²) in [4.78, 5) is 30.9. The van der Waals surface area contributed by atoms with Crippen LogP contribution in [0.3, 0.4) is 0 Å². The van der Waals surface area contributed by atoms with Gasteiger partial charge in [-0.05, 0) is 29.1 Å². The summed E-state index contributed by atoms with van der Waals surface area (Å²) in [6, 6.07) is 10.6. The van der Waals surface area contributed by atoms with Gasteiger partial charge in [0.05, 0.1) is 31.0 Å². The molecule has 32 heavy (non-hydrogen) atoms. The maximum atomic E-state index is 13.3. The molecule has 1 amide bonds. The molecular weight excluding hydrogens is 452 g/mol. The van der Waals surface area contributed by atoms with Crippen LogP contribution in [0.2, 0.25) is 5.02 Å². The quantitative estimate of drug-likeness (QED) is 0.451. The standard InChI is InChI=1S/C22H21ClN4O4S/c1-5-17(28)26-15-9-7-6-8-13(15)18-20(29)24-22(32-4)25-27(18)21(26)14-10-12(23)11-16(30-2)19(14)31-3/h6-11,21H,5H2,1-4H3/p+1/t21-/m1/s1. The average Bonchev–Trinajstić information content (AvgIpc) is 2.81. The van der Waals surface area contributed by atoms with Crippen molar-refractivity contribution in [2.75, 3.05) is 25.4 Å². The van der Waals surface area contributed by atoms with Crippen molar-refractivity contribution in [3.05, 3.63) is 57.3 Å². The van der Waals surface area contributed by atoms with Gasteiger partial charge in [0.2, 0.25) is 11.1 Å². The number of ether oxygens (including phenoxy) is 2. The lowest BCUT2D eigenvalue weighted by atomic mass is 10.00. The van der Waals surface area contributed by atoms with E-state index in [0.29, 0.717) is 44.2 Å².